The van der Waals surface area contributed by atoms with Crippen LogP contribution in [0.2, 0.25) is 0 Å². The fraction of sp³-hybridized carbons (Fsp3) is 0.556. The summed E-state index contributed by atoms with van der Waals surface area (Å²) in [6.07, 6.45) is 5.47. The summed E-state index contributed by atoms with van der Waals surface area (Å²) in [5, 5.41) is 1.42. The third kappa shape index (κ3) is 3.31. The molecule has 2 aromatic rings. The highest BCUT2D eigenvalue weighted by atomic mass is 32.1. The summed E-state index contributed by atoms with van der Waals surface area (Å²) in [4.78, 5) is 3.99. The summed E-state index contributed by atoms with van der Waals surface area (Å²) in [6.45, 7) is 6.55. The van der Waals surface area contributed by atoms with Gasteiger partial charge in [-0.2, -0.15) is 0 Å². The van der Waals surface area contributed by atoms with Gasteiger partial charge in [-0.3, -0.25) is 4.90 Å². The van der Waals surface area contributed by atoms with Crippen LogP contribution in [0.3, 0.4) is 0 Å². The second kappa shape index (κ2) is 6.91. The Balaban J connectivity index is 1.73. The van der Waals surface area contributed by atoms with Crippen molar-refractivity contribution >= 4 is 21.4 Å². The van der Waals surface area contributed by atoms with Crippen LogP contribution in [-0.4, -0.2) is 18.0 Å². The van der Waals surface area contributed by atoms with Crippen molar-refractivity contribution in [1.29, 1.82) is 0 Å². The lowest BCUT2D eigenvalue weighted by Gasteiger charge is -2.32. The van der Waals surface area contributed by atoms with Crippen LogP contribution in [0.15, 0.2) is 24.3 Å². The Bertz CT molecular complexity index is 582. The van der Waals surface area contributed by atoms with Gasteiger partial charge in [-0.1, -0.05) is 38.0 Å². The summed E-state index contributed by atoms with van der Waals surface area (Å²) < 4.78 is 1.38. The van der Waals surface area contributed by atoms with Crippen LogP contribution in [0.25, 0.3) is 10.1 Å². The largest absolute Gasteiger partial charge is 0.326 e. The molecule has 2 N–H and O–H groups in total. The molecule has 0 radical (unpaired) electrons. The molecule has 3 rings (SSSR count). The first-order chi connectivity index (χ1) is 10.3. The zero-order valence-electron chi connectivity index (χ0n) is 13.0. The van der Waals surface area contributed by atoms with Gasteiger partial charge in [0.15, 0.2) is 0 Å². The predicted molar refractivity (Wildman–Crippen MR) is 92.6 cm³/mol. The van der Waals surface area contributed by atoms with E-state index in [0.29, 0.717) is 6.54 Å². The van der Waals surface area contributed by atoms with Crippen molar-refractivity contribution in [3.05, 3.63) is 34.7 Å². The summed E-state index contributed by atoms with van der Waals surface area (Å²) in [6, 6.07) is 8.74. The molecule has 0 aliphatic carbocycles. The smallest absolute Gasteiger partial charge is 0.0349 e. The predicted octanol–water partition coefficient (Wildman–Crippen LogP) is 4.37. The quantitative estimate of drug-likeness (QED) is 0.888. The first-order valence-electron chi connectivity index (χ1n) is 8.23. The zero-order valence-corrected chi connectivity index (χ0v) is 13.8. The SMILES string of the molecule is CCCC1CCN(Cc2c(CN)sc3ccccc23)CC1. The molecule has 114 valence electrons. The van der Waals surface area contributed by atoms with Crippen molar-refractivity contribution in [2.75, 3.05) is 13.1 Å². The van der Waals surface area contributed by atoms with Crippen LogP contribution in [0, 0.1) is 5.92 Å². The molecular formula is C18H26N2S. The van der Waals surface area contributed by atoms with Crippen LogP contribution in [0.1, 0.15) is 43.0 Å². The Kier molecular flexibility index (Phi) is 4.94. The van der Waals surface area contributed by atoms with Gasteiger partial charge in [-0.15, -0.1) is 11.3 Å². The number of rotatable bonds is 5. The van der Waals surface area contributed by atoms with E-state index in [1.807, 2.05) is 11.3 Å². The van der Waals surface area contributed by atoms with E-state index >= 15 is 0 Å². The molecular weight excluding hydrogens is 276 g/mol. The number of benzene rings is 1. The summed E-state index contributed by atoms with van der Waals surface area (Å²) in [5.74, 6) is 0.958. The summed E-state index contributed by atoms with van der Waals surface area (Å²) in [5.41, 5.74) is 7.45. The van der Waals surface area contributed by atoms with Gasteiger partial charge in [0.2, 0.25) is 0 Å². The van der Waals surface area contributed by atoms with Crippen LogP contribution in [0.4, 0.5) is 0 Å². The molecule has 1 aliphatic rings. The zero-order chi connectivity index (χ0) is 14.7. The van der Waals surface area contributed by atoms with Crippen molar-refractivity contribution in [2.24, 2.45) is 11.7 Å². The Hall–Kier alpha value is -0.900. The maximum Gasteiger partial charge on any atom is 0.0349 e. The topological polar surface area (TPSA) is 29.3 Å². The first-order valence-corrected chi connectivity index (χ1v) is 9.05. The fourth-order valence-electron chi connectivity index (χ4n) is 3.55. The van der Waals surface area contributed by atoms with Gasteiger partial charge in [0, 0.05) is 22.7 Å². The first kappa shape index (κ1) is 15.0. The summed E-state index contributed by atoms with van der Waals surface area (Å²) >= 11 is 1.87. The molecule has 3 heteroatoms. The maximum absolute atomic E-state index is 5.97. The average molecular weight is 302 g/mol. The molecule has 1 aromatic heterocycles. The van der Waals surface area contributed by atoms with Gasteiger partial charge >= 0.3 is 0 Å². The van der Waals surface area contributed by atoms with Crippen molar-refractivity contribution in [1.82, 2.24) is 4.90 Å². The minimum atomic E-state index is 0.668. The van der Waals surface area contributed by atoms with Crippen LogP contribution in [-0.2, 0) is 13.1 Å². The van der Waals surface area contributed by atoms with Crippen molar-refractivity contribution in [2.45, 2.75) is 45.7 Å². The molecule has 1 aromatic carbocycles. The van der Waals surface area contributed by atoms with E-state index in [9.17, 15) is 0 Å². The van der Waals surface area contributed by atoms with Crippen LogP contribution in [0.5, 0.6) is 0 Å². The number of hydrogen-bond acceptors (Lipinski definition) is 3. The van der Waals surface area contributed by atoms with E-state index in [4.69, 9.17) is 5.73 Å². The Labute approximate surface area is 131 Å². The number of likely N-dealkylation sites (tertiary alicyclic amines) is 1. The highest BCUT2D eigenvalue weighted by Gasteiger charge is 2.20. The van der Waals surface area contributed by atoms with Gasteiger partial charge < -0.3 is 5.73 Å². The molecule has 2 nitrogen and oxygen atoms in total. The molecule has 21 heavy (non-hydrogen) atoms. The highest BCUT2D eigenvalue weighted by molar-refractivity contribution is 7.19. The fourth-order valence-corrected chi connectivity index (χ4v) is 4.65. The number of hydrogen-bond donors (Lipinski definition) is 1. The summed E-state index contributed by atoms with van der Waals surface area (Å²) in [7, 11) is 0. The molecule has 0 saturated carbocycles. The molecule has 0 unspecified atom stereocenters. The lowest BCUT2D eigenvalue weighted by molar-refractivity contribution is 0.172. The normalized spacial score (nSPS) is 17.6. The number of nitrogens with two attached hydrogens (primary N) is 1. The highest BCUT2D eigenvalue weighted by Crippen LogP contribution is 2.33. The minimum Gasteiger partial charge on any atom is -0.326 e. The third-order valence-corrected chi connectivity index (χ3v) is 5.99. The molecule has 2 heterocycles. The van der Waals surface area contributed by atoms with Gasteiger partial charge in [0.1, 0.15) is 0 Å². The molecule has 0 atom stereocenters. The molecule has 0 amide bonds. The molecule has 1 saturated heterocycles. The molecule has 0 spiro atoms. The second-order valence-corrected chi connectivity index (χ2v) is 7.35. The van der Waals surface area contributed by atoms with Gasteiger partial charge in [-0.05, 0) is 48.9 Å². The van der Waals surface area contributed by atoms with E-state index in [0.717, 1.165) is 12.5 Å². The number of fused-ring (bicyclic) bond motifs is 1. The maximum atomic E-state index is 5.97. The minimum absolute atomic E-state index is 0.668. The van der Waals surface area contributed by atoms with Gasteiger partial charge in [-0.25, -0.2) is 0 Å². The van der Waals surface area contributed by atoms with Crippen molar-refractivity contribution in [3.63, 3.8) is 0 Å². The van der Waals surface area contributed by atoms with Crippen molar-refractivity contribution < 1.29 is 0 Å². The number of thiophene rings is 1. The second-order valence-electron chi connectivity index (χ2n) is 6.21. The van der Waals surface area contributed by atoms with Crippen molar-refractivity contribution in [3.8, 4) is 0 Å². The van der Waals surface area contributed by atoms with Crippen LogP contribution >= 0.6 is 11.3 Å². The number of nitrogens with zero attached hydrogens (tertiary/aromatic N) is 1. The van der Waals surface area contributed by atoms with Crippen LogP contribution < -0.4 is 5.73 Å². The lowest BCUT2D eigenvalue weighted by atomic mass is 9.92. The lowest BCUT2D eigenvalue weighted by Crippen LogP contribution is -2.33. The molecule has 0 bridgehead atoms. The van der Waals surface area contributed by atoms with E-state index in [1.165, 1.54) is 59.3 Å². The average Bonchev–Trinajstić information content (AvgIpc) is 2.87. The van der Waals surface area contributed by atoms with Gasteiger partial charge in [0.05, 0.1) is 0 Å². The van der Waals surface area contributed by atoms with E-state index in [-0.39, 0.29) is 0 Å². The Morgan fingerprint density at radius 3 is 2.71 bits per heavy atom. The van der Waals surface area contributed by atoms with Gasteiger partial charge in [0.25, 0.3) is 0 Å². The van der Waals surface area contributed by atoms with E-state index < -0.39 is 0 Å². The standard InChI is InChI=1S/C18H26N2S/c1-2-5-14-8-10-20(11-9-14)13-16-15-6-3-4-7-17(15)21-18(16)12-19/h3-4,6-7,14H,2,5,8-13,19H2,1H3. The van der Waals surface area contributed by atoms with E-state index in [1.54, 1.807) is 0 Å². The number of piperidine rings is 1. The Morgan fingerprint density at radius 1 is 1.24 bits per heavy atom. The molecule has 1 aliphatic heterocycles. The third-order valence-electron chi connectivity index (χ3n) is 4.75. The molecule has 1 fully saturated rings. The Morgan fingerprint density at radius 2 is 2.00 bits per heavy atom. The monoisotopic (exact) mass is 302 g/mol. The van der Waals surface area contributed by atoms with E-state index in [2.05, 4.69) is 36.1 Å².